The summed E-state index contributed by atoms with van der Waals surface area (Å²) in [4.78, 5) is 4.43. The van der Waals surface area contributed by atoms with Crippen molar-refractivity contribution >= 4 is 39.8 Å². The zero-order chi connectivity index (χ0) is 21.3. The van der Waals surface area contributed by atoms with Gasteiger partial charge in [-0.3, -0.25) is 4.68 Å². The quantitative estimate of drug-likeness (QED) is 0.181. The predicted octanol–water partition coefficient (Wildman–Crippen LogP) is 1.81. The van der Waals surface area contributed by atoms with Gasteiger partial charge in [0.1, 0.15) is 5.60 Å². The molecule has 2 aromatic rings. The van der Waals surface area contributed by atoms with E-state index in [1.54, 1.807) is 31.0 Å². The smallest absolute Gasteiger partial charge is 0.191 e. The SMILES string of the molecule is CCNC(=NCC(C)(O)c1cnn(C)c1)NCCCS(=O)(=O)Cc1ccccc1.I. The van der Waals surface area contributed by atoms with E-state index in [4.69, 9.17) is 0 Å². The summed E-state index contributed by atoms with van der Waals surface area (Å²) >= 11 is 0. The van der Waals surface area contributed by atoms with Crippen molar-refractivity contribution in [1.29, 1.82) is 0 Å². The highest BCUT2D eigenvalue weighted by Crippen LogP contribution is 2.19. The number of hydrogen-bond acceptors (Lipinski definition) is 5. The molecular weight excluding hydrogens is 517 g/mol. The summed E-state index contributed by atoms with van der Waals surface area (Å²) in [6.45, 7) is 4.91. The molecule has 0 aliphatic carbocycles. The van der Waals surface area contributed by atoms with E-state index in [0.717, 1.165) is 5.56 Å². The van der Waals surface area contributed by atoms with E-state index in [1.807, 2.05) is 37.3 Å². The van der Waals surface area contributed by atoms with Crippen LogP contribution in [0.2, 0.25) is 0 Å². The molecule has 0 spiro atoms. The van der Waals surface area contributed by atoms with Crippen LogP contribution in [-0.2, 0) is 28.2 Å². The Hall–Kier alpha value is -1.66. The minimum Gasteiger partial charge on any atom is -0.383 e. The lowest BCUT2D eigenvalue weighted by Crippen LogP contribution is -2.39. The number of nitrogens with zero attached hydrogens (tertiary/aromatic N) is 3. The average molecular weight is 549 g/mol. The number of halogens is 1. The third-order valence-electron chi connectivity index (χ3n) is 4.37. The normalized spacial score (nSPS) is 13.9. The van der Waals surface area contributed by atoms with Crippen molar-refractivity contribution in [1.82, 2.24) is 20.4 Å². The van der Waals surface area contributed by atoms with Crippen LogP contribution < -0.4 is 10.6 Å². The Bertz CT molecular complexity index is 898. The number of rotatable bonds is 10. The van der Waals surface area contributed by atoms with E-state index in [0.29, 0.717) is 31.0 Å². The minimum atomic E-state index is -3.16. The Morgan fingerprint density at radius 2 is 1.97 bits per heavy atom. The van der Waals surface area contributed by atoms with Gasteiger partial charge in [0.25, 0.3) is 0 Å². The van der Waals surface area contributed by atoms with Gasteiger partial charge >= 0.3 is 0 Å². The van der Waals surface area contributed by atoms with Gasteiger partial charge in [0.15, 0.2) is 15.8 Å². The van der Waals surface area contributed by atoms with Crippen molar-refractivity contribution in [3.05, 3.63) is 53.9 Å². The maximum absolute atomic E-state index is 12.3. The summed E-state index contributed by atoms with van der Waals surface area (Å²) < 4.78 is 26.2. The Morgan fingerprint density at radius 3 is 2.57 bits per heavy atom. The second-order valence-corrected chi connectivity index (χ2v) is 9.41. The second kappa shape index (κ2) is 12.3. The molecular formula is C20H32IN5O3S. The maximum atomic E-state index is 12.3. The fourth-order valence-electron chi connectivity index (χ4n) is 2.76. The topological polar surface area (TPSA) is 109 Å². The van der Waals surface area contributed by atoms with Crippen LogP contribution in [-0.4, -0.2) is 54.7 Å². The molecule has 3 N–H and O–H groups in total. The highest BCUT2D eigenvalue weighted by Gasteiger charge is 2.24. The number of nitrogens with one attached hydrogen (secondary N) is 2. The molecule has 8 nitrogen and oxygen atoms in total. The van der Waals surface area contributed by atoms with E-state index >= 15 is 0 Å². The first-order valence-corrected chi connectivity index (χ1v) is 11.5. The largest absolute Gasteiger partial charge is 0.383 e. The molecule has 0 saturated heterocycles. The molecule has 1 heterocycles. The van der Waals surface area contributed by atoms with E-state index in [9.17, 15) is 13.5 Å². The maximum Gasteiger partial charge on any atom is 0.191 e. The first-order valence-electron chi connectivity index (χ1n) is 9.70. The number of hydrogen-bond donors (Lipinski definition) is 3. The third kappa shape index (κ3) is 9.00. The molecule has 30 heavy (non-hydrogen) atoms. The van der Waals surface area contributed by atoms with Crippen molar-refractivity contribution in [2.75, 3.05) is 25.4 Å². The molecule has 0 saturated carbocycles. The van der Waals surface area contributed by atoms with Crippen LogP contribution in [0.3, 0.4) is 0 Å². The third-order valence-corrected chi connectivity index (χ3v) is 6.05. The van der Waals surface area contributed by atoms with Gasteiger partial charge in [0.05, 0.1) is 24.2 Å². The lowest BCUT2D eigenvalue weighted by atomic mass is 10.0. The summed E-state index contributed by atoms with van der Waals surface area (Å²) in [7, 11) is -1.37. The van der Waals surface area contributed by atoms with Crippen molar-refractivity contribution in [3.8, 4) is 0 Å². The van der Waals surface area contributed by atoms with Crippen LogP contribution in [0.15, 0.2) is 47.7 Å². The summed E-state index contributed by atoms with van der Waals surface area (Å²) in [5.41, 5.74) is 0.343. The molecule has 1 aromatic carbocycles. The minimum absolute atomic E-state index is 0. The summed E-state index contributed by atoms with van der Waals surface area (Å²) in [5, 5.41) is 21.0. The summed E-state index contributed by atoms with van der Waals surface area (Å²) in [6, 6.07) is 9.19. The average Bonchev–Trinajstić information content (AvgIpc) is 3.11. The van der Waals surface area contributed by atoms with Gasteiger partial charge in [-0.25, -0.2) is 13.4 Å². The molecule has 0 amide bonds. The highest BCUT2D eigenvalue weighted by atomic mass is 127. The molecule has 0 bridgehead atoms. The number of aliphatic hydroxyl groups is 1. The zero-order valence-electron chi connectivity index (χ0n) is 17.7. The lowest BCUT2D eigenvalue weighted by molar-refractivity contribution is 0.0672. The van der Waals surface area contributed by atoms with Crippen LogP contribution in [0.1, 0.15) is 31.4 Å². The fourth-order valence-corrected chi connectivity index (χ4v) is 4.19. The Labute approximate surface area is 196 Å². The number of aryl methyl sites for hydroxylation is 1. The van der Waals surface area contributed by atoms with Gasteiger partial charge in [0.2, 0.25) is 0 Å². The first-order chi connectivity index (χ1) is 13.7. The number of sulfone groups is 1. The number of benzene rings is 1. The monoisotopic (exact) mass is 549 g/mol. The van der Waals surface area contributed by atoms with Crippen LogP contribution in [0, 0.1) is 0 Å². The molecule has 0 aliphatic heterocycles. The molecule has 0 radical (unpaired) electrons. The van der Waals surface area contributed by atoms with Crippen LogP contribution in [0.4, 0.5) is 0 Å². The molecule has 10 heteroatoms. The second-order valence-electron chi connectivity index (χ2n) is 7.23. The van der Waals surface area contributed by atoms with E-state index < -0.39 is 15.4 Å². The molecule has 0 fully saturated rings. The van der Waals surface area contributed by atoms with Gasteiger partial charge in [-0.05, 0) is 25.8 Å². The Balaban J connectivity index is 0.00000450. The van der Waals surface area contributed by atoms with Gasteiger partial charge in [-0.2, -0.15) is 5.10 Å². The van der Waals surface area contributed by atoms with Crippen molar-refractivity contribution in [3.63, 3.8) is 0 Å². The van der Waals surface area contributed by atoms with Crippen LogP contribution >= 0.6 is 24.0 Å². The molecule has 168 valence electrons. The van der Waals surface area contributed by atoms with Crippen LogP contribution in [0.5, 0.6) is 0 Å². The number of guanidine groups is 1. The highest BCUT2D eigenvalue weighted by molar-refractivity contribution is 14.0. The summed E-state index contributed by atoms with van der Waals surface area (Å²) in [5.74, 6) is 0.689. The standard InChI is InChI=1S/C20H31N5O3S.HI/c1-4-21-19(23-16-20(2,26)18-13-24-25(3)14-18)22-11-8-12-29(27,28)15-17-9-6-5-7-10-17;/h5-7,9-10,13-14,26H,4,8,11-12,15-16H2,1-3H3,(H2,21,22,23);1H. The fraction of sp³-hybridized carbons (Fsp3) is 0.500. The number of aliphatic imine (C=N–C) groups is 1. The van der Waals surface area contributed by atoms with Gasteiger partial charge in [-0.1, -0.05) is 30.3 Å². The van der Waals surface area contributed by atoms with E-state index in [1.165, 1.54) is 0 Å². The molecule has 1 aromatic heterocycles. The number of aromatic nitrogens is 2. The van der Waals surface area contributed by atoms with E-state index in [2.05, 4.69) is 20.7 Å². The van der Waals surface area contributed by atoms with E-state index in [-0.39, 0.29) is 42.0 Å². The molecule has 2 rings (SSSR count). The predicted molar refractivity (Wildman–Crippen MR) is 131 cm³/mol. The molecule has 1 unspecified atom stereocenters. The van der Waals surface area contributed by atoms with Crippen molar-refractivity contribution < 1.29 is 13.5 Å². The van der Waals surface area contributed by atoms with Gasteiger partial charge in [-0.15, -0.1) is 24.0 Å². The lowest BCUT2D eigenvalue weighted by Gasteiger charge is -2.20. The molecule has 0 aliphatic rings. The Kier molecular flexibility index (Phi) is 10.8. The van der Waals surface area contributed by atoms with Crippen molar-refractivity contribution in [2.45, 2.75) is 31.6 Å². The summed E-state index contributed by atoms with van der Waals surface area (Å²) in [6.07, 6.45) is 3.85. The van der Waals surface area contributed by atoms with Crippen LogP contribution in [0.25, 0.3) is 0 Å². The Morgan fingerprint density at radius 1 is 1.27 bits per heavy atom. The zero-order valence-corrected chi connectivity index (χ0v) is 20.9. The van der Waals surface area contributed by atoms with Gasteiger partial charge < -0.3 is 15.7 Å². The van der Waals surface area contributed by atoms with Crippen molar-refractivity contribution in [2.24, 2.45) is 12.0 Å². The van der Waals surface area contributed by atoms with Gasteiger partial charge in [0, 0.05) is 31.9 Å². The molecule has 1 atom stereocenters. The first kappa shape index (κ1) is 26.4.